The molecule has 0 fully saturated rings. The van der Waals surface area contributed by atoms with Crippen LogP contribution in [0.25, 0.3) is 0 Å². The summed E-state index contributed by atoms with van der Waals surface area (Å²) < 4.78 is 51.6. The smallest absolute Gasteiger partial charge is 0.406 e. The number of carbonyl (C=O) groups excluding carboxylic acids is 1. The van der Waals surface area contributed by atoms with Gasteiger partial charge in [-0.2, -0.15) is 0 Å². The zero-order chi connectivity index (χ0) is 11.6. The largest absolute Gasteiger partial charge is 0.573 e. The molecule has 82 valence electrons. The van der Waals surface area contributed by atoms with E-state index in [9.17, 15) is 22.4 Å². The van der Waals surface area contributed by atoms with Crippen LogP contribution in [0.1, 0.15) is 10.4 Å². The summed E-state index contributed by atoms with van der Waals surface area (Å²) in [4.78, 5) is 10.3. The number of halogens is 4. The van der Waals surface area contributed by atoms with Crippen molar-refractivity contribution in [1.29, 1.82) is 0 Å². The molecule has 0 bridgehead atoms. The highest BCUT2D eigenvalue weighted by molar-refractivity contribution is 5.84. The van der Waals surface area contributed by atoms with Crippen LogP contribution < -0.4 is 10.5 Å². The fourth-order valence-electron chi connectivity index (χ4n) is 0.930. The van der Waals surface area contributed by atoms with Gasteiger partial charge in [-0.05, 0) is 0 Å². The van der Waals surface area contributed by atoms with Crippen molar-refractivity contribution in [3.8, 4) is 5.75 Å². The molecule has 1 rings (SSSR count). The lowest BCUT2D eigenvalue weighted by Crippen LogP contribution is -2.17. The van der Waals surface area contributed by atoms with Gasteiger partial charge in [0.15, 0.2) is 6.29 Å². The van der Waals surface area contributed by atoms with Crippen molar-refractivity contribution in [2.75, 3.05) is 5.73 Å². The zero-order valence-electron chi connectivity index (χ0n) is 7.14. The summed E-state index contributed by atoms with van der Waals surface area (Å²) >= 11 is 0. The van der Waals surface area contributed by atoms with Crippen LogP contribution in [0.3, 0.4) is 0 Å². The Labute approximate surface area is 81.4 Å². The second kappa shape index (κ2) is 3.76. The van der Waals surface area contributed by atoms with Gasteiger partial charge in [-0.25, -0.2) is 4.39 Å². The third kappa shape index (κ3) is 2.83. The molecular formula is C8H5F4NO2. The molecule has 0 saturated carbocycles. The van der Waals surface area contributed by atoms with E-state index in [2.05, 4.69) is 4.74 Å². The van der Waals surface area contributed by atoms with E-state index in [-0.39, 0.29) is 6.29 Å². The molecule has 0 atom stereocenters. The highest BCUT2D eigenvalue weighted by atomic mass is 19.4. The van der Waals surface area contributed by atoms with Crippen molar-refractivity contribution < 1.29 is 27.1 Å². The highest BCUT2D eigenvalue weighted by Crippen LogP contribution is 2.27. The van der Waals surface area contributed by atoms with Gasteiger partial charge in [0, 0.05) is 17.8 Å². The monoisotopic (exact) mass is 223 g/mol. The minimum atomic E-state index is -4.93. The van der Waals surface area contributed by atoms with Gasteiger partial charge in [-0.3, -0.25) is 4.79 Å². The Morgan fingerprint density at radius 1 is 1.33 bits per heavy atom. The number of carbonyl (C=O) groups is 1. The van der Waals surface area contributed by atoms with Crippen molar-refractivity contribution in [1.82, 2.24) is 0 Å². The van der Waals surface area contributed by atoms with E-state index in [0.717, 1.165) is 6.07 Å². The molecule has 3 nitrogen and oxygen atoms in total. The van der Waals surface area contributed by atoms with E-state index in [1.54, 1.807) is 0 Å². The maximum absolute atomic E-state index is 12.9. The van der Waals surface area contributed by atoms with E-state index in [1.165, 1.54) is 0 Å². The standard InChI is InChI=1S/C8H5F4NO2/c9-6-1-4(15-8(10,11)12)2-7(13)5(6)3-14/h1-3H,13H2. The Morgan fingerprint density at radius 3 is 2.33 bits per heavy atom. The number of anilines is 1. The Kier molecular flexibility index (Phi) is 2.83. The molecule has 15 heavy (non-hydrogen) atoms. The van der Waals surface area contributed by atoms with E-state index >= 15 is 0 Å². The normalized spacial score (nSPS) is 11.2. The van der Waals surface area contributed by atoms with Gasteiger partial charge >= 0.3 is 6.36 Å². The molecule has 1 aromatic rings. The average molecular weight is 223 g/mol. The summed E-state index contributed by atoms with van der Waals surface area (Å²) in [5.41, 5.74) is 4.22. The lowest BCUT2D eigenvalue weighted by molar-refractivity contribution is -0.274. The van der Waals surface area contributed by atoms with E-state index < -0.39 is 29.2 Å². The molecular weight excluding hydrogens is 218 g/mol. The van der Waals surface area contributed by atoms with Crippen molar-refractivity contribution in [3.05, 3.63) is 23.5 Å². The summed E-state index contributed by atoms with van der Waals surface area (Å²) in [6, 6.07) is 1.16. The van der Waals surface area contributed by atoms with Crippen molar-refractivity contribution in [2.45, 2.75) is 6.36 Å². The summed E-state index contributed by atoms with van der Waals surface area (Å²) in [7, 11) is 0. The fourth-order valence-corrected chi connectivity index (χ4v) is 0.930. The summed E-state index contributed by atoms with van der Waals surface area (Å²) in [6.07, 6.45) is -4.82. The maximum Gasteiger partial charge on any atom is 0.573 e. The quantitative estimate of drug-likeness (QED) is 0.474. The number of alkyl halides is 3. The first-order valence-corrected chi connectivity index (χ1v) is 3.63. The molecule has 0 radical (unpaired) electrons. The Hall–Kier alpha value is -1.79. The van der Waals surface area contributed by atoms with Gasteiger partial charge < -0.3 is 10.5 Å². The van der Waals surface area contributed by atoms with Crippen molar-refractivity contribution in [2.24, 2.45) is 0 Å². The molecule has 2 N–H and O–H groups in total. The first-order valence-electron chi connectivity index (χ1n) is 3.63. The average Bonchev–Trinajstić information content (AvgIpc) is 1.99. The number of rotatable bonds is 2. The minimum absolute atomic E-state index is 0.113. The molecule has 0 saturated heterocycles. The van der Waals surface area contributed by atoms with E-state index in [0.29, 0.717) is 6.07 Å². The topological polar surface area (TPSA) is 52.3 Å². The Bertz CT molecular complexity index is 366. The Morgan fingerprint density at radius 2 is 1.93 bits per heavy atom. The molecule has 0 aliphatic rings. The van der Waals surface area contributed by atoms with Crippen molar-refractivity contribution in [3.63, 3.8) is 0 Å². The van der Waals surface area contributed by atoms with E-state index in [4.69, 9.17) is 5.73 Å². The molecule has 0 aliphatic heterocycles. The van der Waals surface area contributed by atoms with Gasteiger partial charge in [-0.15, -0.1) is 13.2 Å². The van der Waals surface area contributed by atoms with Crippen LogP contribution >= 0.6 is 0 Å². The number of benzene rings is 1. The Balaban J connectivity index is 3.09. The number of ether oxygens (including phenoxy) is 1. The number of hydrogen-bond acceptors (Lipinski definition) is 3. The van der Waals surface area contributed by atoms with E-state index in [1.807, 2.05) is 0 Å². The molecule has 0 aliphatic carbocycles. The number of nitrogen functional groups attached to an aromatic ring is 1. The van der Waals surface area contributed by atoms with Gasteiger partial charge in [-0.1, -0.05) is 0 Å². The number of hydrogen-bond donors (Lipinski definition) is 1. The predicted molar refractivity (Wildman–Crippen MR) is 42.9 cm³/mol. The molecule has 0 heterocycles. The van der Waals surface area contributed by atoms with Crippen LogP contribution in [0.2, 0.25) is 0 Å². The second-order valence-electron chi connectivity index (χ2n) is 2.57. The molecule has 7 heteroatoms. The second-order valence-corrected chi connectivity index (χ2v) is 2.57. The minimum Gasteiger partial charge on any atom is -0.406 e. The van der Waals surface area contributed by atoms with Crippen LogP contribution in [0.15, 0.2) is 12.1 Å². The van der Waals surface area contributed by atoms with Crippen LogP contribution in [-0.4, -0.2) is 12.6 Å². The summed E-state index contributed by atoms with van der Waals surface area (Å²) in [6.45, 7) is 0. The van der Waals surface area contributed by atoms with Crippen LogP contribution in [0.4, 0.5) is 23.2 Å². The zero-order valence-corrected chi connectivity index (χ0v) is 7.14. The molecule has 1 aromatic carbocycles. The lowest BCUT2D eigenvalue weighted by Gasteiger charge is -2.10. The van der Waals surface area contributed by atoms with Gasteiger partial charge in [0.2, 0.25) is 0 Å². The summed E-state index contributed by atoms with van der Waals surface area (Å²) in [5, 5.41) is 0. The third-order valence-corrected chi connectivity index (χ3v) is 1.49. The first-order chi connectivity index (χ1) is 6.83. The molecule has 0 amide bonds. The van der Waals surface area contributed by atoms with Crippen LogP contribution in [-0.2, 0) is 0 Å². The van der Waals surface area contributed by atoms with Gasteiger partial charge in [0.25, 0.3) is 0 Å². The van der Waals surface area contributed by atoms with Gasteiger partial charge in [0.05, 0.1) is 5.56 Å². The maximum atomic E-state index is 12.9. The highest BCUT2D eigenvalue weighted by Gasteiger charge is 2.31. The third-order valence-electron chi connectivity index (χ3n) is 1.49. The number of aldehydes is 1. The van der Waals surface area contributed by atoms with Crippen molar-refractivity contribution >= 4 is 12.0 Å². The first kappa shape index (κ1) is 11.3. The van der Waals surface area contributed by atoms with Crippen LogP contribution in [0, 0.1) is 5.82 Å². The molecule has 0 unspecified atom stereocenters. The SMILES string of the molecule is Nc1cc(OC(F)(F)F)cc(F)c1C=O. The summed E-state index contributed by atoms with van der Waals surface area (Å²) in [5.74, 6) is -1.97. The van der Waals surface area contributed by atoms with Crippen LogP contribution in [0.5, 0.6) is 5.75 Å². The molecule has 0 spiro atoms. The lowest BCUT2D eigenvalue weighted by atomic mass is 10.2. The van der Waals surface area contributed by atoms with Gasteiger partial charge in [0.1, 0.15) is 11.6 Å². The number of nitrogens with two attached hydrogens (primary N) is 1. The fraction of sp³-hybridized carbons (Fsp3) is 0.125. The molecule has 0 aromatic heterocycles. The predicted octanol–water partition coefficient (Wildman–Crippen LogP) is 2.12.